The van der Waals surface area contributed by atoms with Gasteiger partial charge in [0.1, 0.15) is 18.5 Å². The summed E-state index contributed by atoms with van der Waals surface area (Å²) in [5.41, 5.74) is 0.788. The lowest BCUT2D eigenvalue weighted by atomic mass is 10.0. The van der Waals surface area contributed by atoms with Crippen molar-refractivity contribution in [2.24, 2.45) is 0 Å². The minimum atomic E-state index is -3.70. The molecule has 0 N–H and O–H groups in total. The van der Waals surface area contributed by atoms with Gasteiger partial charge in [-0.1, -0.05) is 29.8 Å². The number of aromatic nitrogens is 1. The number of hydrogen-bond donors (Lipinski definition) is 0. The number of amides is 1. The van der Waals surface area contributed by atoms with Crippen LogP contribution in [-0.2, 0) is 40.9 Å². The number of esters is 1. The zero-order valence-electron chi connectivity index (χ0n) is 23.5. The SMILES string of the molecule is CCOP(=O)(OCC)c1ccc2c(C(=O)OC)cn(CC(=O)N3C[C@H](F)C[C@H]3C(=O)CCc3cccc(Cl)c3F)c2c1. The summed E-state index contributed by atoms with van der Waals surface area (Å²) in [7, 11) is -2.47. The summed E-state index contributed by atoms with van der Waals surface area (Å²) in [6.07, 6.45) is -0.212. The highest BCUT2D eigenvalue weighted by atomic mass is 35.5. The number of nitrogens with zero attached hydrogens (tertiary/aromatic N) is 2. The van der Waals surface area contributed by atoms with Crippen molar-refractivity contribution in [2.45, 2.75) is 51.9 Å². The first-order valence-electron chi connectivity index (χ1n) is 13.5. The number of fused-ring (bicyclic) bond motifs is 1. The maximum Gasteiger partial charge on any atom is 0.361 e. The van der Waals surface area contributed by atoms with Crippen molar-refractivity contribution in [3.63, 3.8) is 0 Å². The third kappa shape index (κ3) is 6.59. The lowest BCUT2D eigenvalue weighted by Gasteiger charge is -2.24. The molecular formula is C29H32ClF2N2O7P. The predicted molar refractivity (Wildman–Crippen MR) is 154 cm³/mol. The summed E-state index contributed by atoms with van der Waals surface area (Å²) >= 11 is 5.83. The minimum absolute atomic E-state index is 0.0495. The molecule has 2 heterocycles. The molecule has 13 heteroatoms. The molecule has 0 unspecified atom stereocenters. The largest absolute Gasteiger partial charge is 0.465 e. The number of rotatable bonds is 12. The second-order valence-electron chi connectivity index (χ2n) is 9.77. The van der Waals surface area contributed by atoms with E-state index in [1.54, 1.807) is 26.0 Å². The van der Waals surface area contributed by atoms with Gasteiger partial charge in [-0.05, 0) is 44.0 Å². The standard InChI is InChI=1S/C29H32ClF2N2O7P/c1-4-40-42(38,41-5-2)20-10-11-21-22(29(37)39-3)16-33(24(21)14-20)17-27(36)34-15-19(31)13-25(34)26(35)12-9-18-7-6-8-23(30)28(18)32/h6-8,10-11,14,16,19,25H,4-5,9,12-13,15,17H2,1-3H3/t19-,25+/m1/s1. The molecule has 0 spiro atoms. The molecule has 0 aliphatic carbocycles. The van der Waals surface area contributed by atoms with Crippen LogP contribution in [0.2, 0.25) is 5.02 Å². The summed E-state index contributed by atoms with van der Waals surface area (Å²) in [4.78, 5) is 40.3. The molecule has 1 aromatic heterocycles. The van der Waals surface area contributed by atoms with E-state index >= 15 is 0 Å². The second-order valence-corrected chi connectivity index (χ2v) is 12.2. The number of likely N-dealkylation sites (tertiary alicyclic amines) is 1. The minimum Gasteiger partial charge on any atom is -0.465 e. The van der Waals surface area contributed by atoms with Crippen molar-refractivity contribution >= 4 is 53.1 Å². The van der Waals surface area contributed by atoms with Crippen molar-refractivity contribution in [3.05, 3.63) is 64.6 Å². The number of methoxy groups -OCH3 is 1. The van der Waals surface area contributed by atoms with Gasteiger partial charge in [0.15, 0.2) is 5.78 Å². The highest BCUT2D eigenvalue weighted by Crippen LogP contribution is 2.47. The van der Waals surface area contributed by atoms with Gasteiger partial charge in [-0.2, -0.15) is 0 Å². The average Bonchev–Trinajstić information content (AvgIpc) is 3.54. The molecule has 1 fully saturated rings. The first kappa shape index (κ1) is 31.8. The molecule has 226 valence electrons. The lowest BCUT2D eigenvalue weighted by Crippen LogP contribution is -2.42. The monoisotopic (exact) mass is 624 g/mol. The van der Waals surface area contributed by atoms with Gasteiger partial charge in [0.2, 0.25) is 5.91 Å². The number of benzene rings is 2. The first-order chi connectivity index (χ1) is 20.0. The van der Waals surface area contributed by atoms with Crippen LogP contribution in [0, 0.1) is 5.82 Å². The van der Waals surface area contributed by atoms with Crippen molar-refractivity contribution in [3.8, 4) is 0 Å². The molecule has 1 amide bonds. The summed E-state index contributed by atoms with van der Waals surface area (Å²) < 4.78 is 59.5. The summed E-state index contributed by atoms with van der Waals surface area (Å²) in [6.45, 7) is 2.99. The smallest absolute Gasteiger partial charge is 0.361 e. The molecule has 2 aromatic carbocycles. The van der Waals surface area contributed by atoms with E-state index in [9.17, 15) is 27.7 Å². The number of carbonyl (C=O) groups excluding carboxylic acids is 3. The van der Waals surface area contributed by atoms with Gasteiger partial charge in [0.25, 0.3) is 0 Å². The molecule has 4 rings (SSSR count). The predicted octanol–water partition coefficient (Wildman–Crippen LogP) is 5.25. The Morgan fingerprint density at radius 3 is 2.50 bits per heavy atom. The van der Waals surface area contributed by atoms with E-state index in [2.05, 4.69) is 0 Å². The quantitative estimate of drug-likeness (QED) is 0.200. The van der Waals surface area contributed by atoms with Crippen LogP contribution in [0.15, 0.2) is 42.6 Å². The van der Waals surface area contributed by atoms with Crippen molar-refractivity contribution in [1.82, 2.24) is 9.47 Å². The molecule has 1 aliphatic rings. The molecule has 0 bridgehead atoms. The second kappa shape index (κ2) is 13.5. The zero-order valence-corrected chi connectivity index (χ0v) is 25.1. The summed E-state index contributed by atoms with van der Waals surface area (Å²) in [5.74, 6) is -2.22. The first-order valence-corrected chi connectivity index (χ1v) is 15.4. The Morgan fingerprint density at radius 1 is 1.12 bits per heavy atom. The number of ketones is 1. The fourth-order valence-corrected chi connectivity index (χ4v) is 6.93. The summed E-state index contributed by atoms with van der Waals surface area (Å²) in [5, 5.41) is 0.598. The Kier molecular flexibility index (Phi) is 10.2. The normalized spacial score (nSPS) is 17.1. The molecule has 9 nitrogen and oxygen atoms in total. The molecule has 3 aromatic rings. The number of halogens is 3. The van der Waals surface area contributed by atoms with Crippen molar-refractivity contribution in [2.75, 3.05) is 26.9 Å². The highest BCUT2D eigenvalue weighted by molar-refractivity contribution is 7.62. The van der Waals surface area contributed by atoms with E-state index in [4.69, 9.17) is 25.4 Å². The zero-order chi connectivity index (χ0) is 30.6. The van der Waals surface area contributed by atoms with E-state index in [0.717, 1.165) is 0 Å². The maximum atomic E-state index is 14.6. The molecule has 0 saturated carbocycles. The van der Waals surface area contributed by atoms with Gasteiger partial charge >= 0.3 is 13.6 Å². The van der Waals surface area contributed by atoms with E-state index in [1.165, 1.54) is 47.0 Å². The van der Waals surface area contributed by atoms with Crippen LogP contribution in [0.1, 0.15) is 42.6 Å². The Balaban J connectivity index is 1.62. The topological polar surface area (TPSA) is 104 Å². The number of Topliss-reactive ketones (excluding diaryl/α,β-unsaturated/α-hetero) is 1. The molecule has 42 heavy (non-hydrogen) atoms. The van der Waals surface area contributed by atoms with Crippen LogP contribution in [0.3, 0.4) is 0 Å². The molecule has 1 saturated heterocycles. The highest BCUT2D eigenvalue weighted by Gasteiger charge is 2.39. The number of hydrogen-bond acceptors (Lipinski definition) is 7. The summed E-state index contributed by atoms with van der Waals surface area (Å²) in [6, 6.07) is 8.08. The van der Waals surface area contributed by atoms with E-state index in [-0.39, 0.29) is 67.0 Å². The van der Waals surface area contributed by atoms with Crippen molar-refractivity contribution < 1.29 is 41.5 Å². The molecule has 0 radical (unpaired) electrons. The number of aryl methyl sites for hydroxylation is 1. The van der Waals surface area contributed by atoms with Crippen LogP contribution in [0.25, 0.3) is 10.9 Å². The third-order valence-corrected chi connectivity index (χ3v) is 9.50. The van der Waals surface area contributed by atoms with Crippen LogP contribution >= 0.6 is 19.2 Å². The van der Waals surface area contributed by atoms with Crippen molar-refractivity contribution in [1.29, 1.82) is 0 Å². The fraction of sp³-hybridized carbons (Fsp3) is 0.414. The van der Waals surface area contributed by atoms with Crippen LogP contribution < -0.4 is 5.30 Å². The number of ether oxygens (including phenoxy) is 1. The van der Waals surface area contributed by atoms with Gasteiger partial charge in [-0.3, -0.25) is 14.2 Å². The lowest BCUT2D eigenvalue weighted by molar-refractivity contribution is -0.138. The van der Waals surface area contributed by atoms with Gasteiger partial charge in [-0.25, -0.2) is 13.6 Å². The van der Waals surface area contributed by atoms with Gasteiger partial charge < -0.3 is 23.3 Å². The van der Waals surface area contributed by atoms with E-state index < -0.39 is 43.3 Å². The van der Waals surface area contributed by atoms with Gasteiger partial charge in [0.05, 0.1) is 54.3 Å². The van der Waals surface area contributed by atoms with Gasteiger partial charge in [-0.15, -0.1) is 0 Å². The number of carbonyl (C=O) groups is 3. The Labute approximate surface area is 247 Å². The Bertz CT molecular complexity index is 1540. The Morgan fingerprint density at radius 2 is 1.83 bits per heavy atom. The average molecular weight is 625 g/mol. The number of alkyl halides is 1. The Hall–Kier alpha value is -3.11. The van der Waals surface area contributed by atoms with E-state index in [1.807, 2.05) is 0 Å². The maximum absolute atomic E-state index is 14.6. The molecular weight excluding hydrogens is 593 g/mol. The van der Waals surface area contributed by atoms with Gasteiger partial charge in [0, 0.05) is 24.4 Å². The van der Waals surface area contributed by atoms with Crippen LogP contribution in [0.4, 0.5) is 8.78 Å². The van der Waals surface area contributed by atoms with E-state index in [0.29, 0.717) is 10.9 Å². The fourth-order valence-electron chi connectivity index (χ4n) is 5.15. The van der Waals surface area contributed by atoms with Crippen LogP contribution in [-0.4, -0.2) is 66.2 Å². The third-order valence-electron chi connectivity index (χ3n) is 7.11. The van der Waals surface area contributed by atoms with Crippen LogP contribution in [0.5, 0.6) is 0 Å². The molecule has 1 aliphatic heterocycles. The molecule has 2 atom stereocenters.